The summed E-state index contributed by atoms with van der Waals surface area (Å²) in [6.07, 6.45) is 8.18. The van der Waals surface area contributed by atoms with Gasteiger partial charge in [0.2, 0.25) is 0 Å². The lowest BCUT2D eigenvalue weighted by Crippen LogP contribution is -2.71. The van der Waals surface area contributed by atoms with E-state index in [1.807, 2.05) is 13.8 Å². The van der Waals surface area contributed by atoms with Gasteiger partial charge in [-0.15, -0.1) is 0 Å². The van der Waals surface area contributed by atoms with Crippen molar-refractivity contribution in [1.29, 1.82) is 0 Å². The standard InChI is InChI=1S/C30H50O4/c1-25(2)12-8-13-27(5)20(25)11-14-28(6)21(27)10-9-18-19-15-26(3,4)23(33)24(34)30(19,17-31)22(32)16-29(18,28)7/h9,19-24,31-34H,8,10-17H2,1-7H3/t19-,20-,21+,22?,23?,24?,27-,28+,29+,30-/m0/s1. The Kier molecular flexibility index (Phi) is 5.44. The Hall–Kier alpha value is -0.420. The lowest BCUT2D eigenvalue weighted by Gasteiger charge is -2.72. The van der Waals surface area contributed by atoms with Crippen LogP contribution < -0.4 is 0 Å². The highest BCUT2D eigenvalue weighted by atomic mass is 16.3. The van der Waals surface area contributed by atoms with Gasteiger partial charge in [0.15, 0.2) is 0 Å². The van der Waals surface area contributed by atoms with Crippen LogP contribution in [0.4, 0.5) is 0 Å². The number of rotatable bonds is 1. The molecule has 4 fully saturated rings. The van der Waals surface area contributed by atoms with Crippen molar-refractivity contribution in [1.82, 2.24) is 0 Å². The third-order valence-corrected chi connectivity index (χ3v) is 13.2. The van der Waals surface area contributed by atoms with Crippen molar-refractivity contribution in [3.05, 3.63) is 11.6 Å². The zero-order valence-electron chi connectivity index (χ0n) is 22.7. The Morgan fingerprint density at radius 2 is 1.50 bits per heavy atom. The maximum atomic E-state index is 11.7. The van der Waals surface area contributed by atoms with Crippen LogP contribution in [0.25, 0.3) is 0 Å². The maximum absolute atomic E-state index is 11.7. The molecule has 0 spiro atoms. The van der Waals surface area contributed by atoms with E-state index in [0.29, 0.717) is 29.6 Å². The molecule has 4 N–H and O–H groups in total. The molecule has 5 aliphatic rings. The molecule has 0 aromatic carbocycles. The van der Waals surface area contributed by atoms with Gasteiger partial charge >= 0.3 is 0 Å². The van der Waals surface area contributed by atoms with E-state index in [9.17, 15) is 20.4 Å². The third-order valence-electron chi connectivity index (χ3n) is 13.2. The summed E-state index contributed by atoms with van der Waals surface area (Å²) < 4.78 is 0. The lowest BCUT2D eigenvalue weighted by molar-refractivity contribution is -0.254. The molecule has 3 unspecified atom stereocenters. The monoisotopic (exact) mass is 474 g/mol. The van der Waals surface area contributed by atoms with Crippen molar-refractivity contribution in [3.63, 3.8) is 0 Å². The molecule has 0 radical (unpaired) electrons. The molecule has 194 valence electrons. The molecular formula is C30H50O4. The summed E-state index contributed by atoms with van der Waals surface area (Å²) in [7, 11) is 0. The molecule has 0 aromatic heterocycles. The first-order chi connectivity index (χ1) is 15.6. The van der Waals surface area contributed by atoms with Crippen molar-refractivity contribution in [2.24, 2.45) is 50.2 Å². The molecule has 0 amide bonds. The predicted octanol–water partition coefficient (Wildman–Crippen LogP) is 5.08. The highest BCUT2D eigenvalue weighted by Gasteiger charge is 2.71. The van der Waals surface area contributed by atoms with Gasteiger partial charge in [-0.1, -0.05) is 66.5 Å². The number of hydrogen-bond acceptors (Lipinski definition) is 4. The largest absolute Gasteiger partial charge is 0.396 e. The van der Waals surface area contributed by atoms with Crippen LogP contribution >= 0.6 is 0 Å². The fourth-order valence-corrected chi connectivity index (χ4v) is 11.0. The van der Waals surface area contributed by atoms with Gasteiger partial charge in [0.25, 0.3) is 0 Å². The first-order valence-electron chi connectivity index (χ1n) is 14.0. The molecule has 5 rings (SSSR count). The third kappa shape index (κ3) is 2.81. The fourth-order valence-electron chi connectivity index (χ4n) is 11.0. The summed E-state index contributed by atoms with van der Waals surface area (Å²) in [6, 6.07) is 0. The Morgan fingerprint density at radius 1 is 0.824 bits per heavy atom. The van der Waals surface area contributed by atoms with E-state index in [2.05, 4.69) is 40.7 Å². The average Bonchev–Trinajstić information content (AvgIpc) is 2.72. The summed E-state index contributed by atoms with van der Waals surface area (Å²) in [5.41, 5.74) is 0.369. The summed E-state index contributed by atoms with van der Waals surface area (Å²) >= 11 is 0. The van der Waals surface area contributed by atoms with Crippen molar-refractivity contribution in [3.8, 4) is 0 Å². The average molecular weight is 475 g/mol. The predicted molar refractivity (Wildman–Crippen MR) is 135 cm³/mol. The van der Waals surface area contributed by atoms with Gasteiger partial charge in [0.1, 0.15) is 0 Å². The van der Waals surface area contributed by atoms with E-state index < -0.39 is 29.1 Å². The number of allylic oxidation sites excluding steroid dienone is 2. The SMILES string of the molecule is CC1(C)C[C@H]2C3=CC[C@@H]4[C@@]5(C)CCCC(C)(C)[C@@H]5CC[C@@]4(C)[C@]3(C)CC(O)[C@@]2(CO)C(O)C1O. The van der Waals surface area contributed by atoms with Crippen LogP contribution in [0.15, 0.2) is 11.6 Å². The quantitative estimate of drug-likeness (QED) is 0.399. The second-order valence-corrected chi connectivity index (χ2v) is 15.3. The van der Waals surface area contributed by atoms with Crippen LogP contribution in [0.5, 0.6) is 0 Å². The highest BCUT2D eigenvalue weighted by Crippen LogP contribution is 2.75. The molecule has 34 heavy (non-hydrogen) atoms. The molecule has 4 heteroatoms. The number of fused-ring (bicyclic) bond motifs is 7. The van der Waals surface area contributed by atoms with Crippen LogP contribution in [-0.4, -0.2) is 45.3 Å². The van der Waals surface area contributed by atoms with Crippen LogP contribution in [0, 0.1) is 50.2 Å². The van der Waals surface area contributed by atoms with E-state index in [-0.39, 0.29) is 23.4 Å². The topological polar surface area (TPSA) is 80.9 Å². The van der Waals surface area contributed by atoms with Gasteiger partial charge in [-0.25, -0.2) is 0 Å². The number of hydrogen-bond donors (Lipinski definition) is 4. The van der Waals surface area contributed by atoms with E-state index in [1.165, 1.54) is 37.7 Å². The first kappa shape index (κ1) is 25.2. The molecule has 4 nitrogen and oxygen atoms in total. The van der Waals surface area contributed by atoms with E-state index >= 15 is 0 Å². The highest BCUT2D eigenvalue weighted by molar-refractivity contribution is 5.36. The second-order valence-electron chi connectivity index (χ2n) is 15.3. The van der Waals surface area contributed by atoms with Gasteiger partial charge < -0.3 is 20.4 Å². The minimum atomic E-state index is -1.13. The smallest absolute Gasteiger partial charge is 0.0913 e. The molecule has 10 atom stereocenters. The number of aliphatic hydroxyl groups is 4. The van der Waals surface area contributed by atoms with E-state index in [1.54, 1.807) is 0 Å². The molecular weight excluding hydrogens is 424 g/mol. The summed E-state index contributed by atoms with van der Waals surface area (Å²) in [6.45, 7) is 16.2. The zero-order chi connectivity index (χ0) is 25.1. The fraction of sp³-hybridized carbons (Fsp3) is 0.933. The second kappa shape index (κ2) is 7.33. The summed E-state index contributed by atoms with van der Waals surface area (Å²) in [4.78, 5) is 0. The Labute approximate surface area is 207 Å². The summed E-state index contributed by atoms with van der Waals surface area (Å²) in [5, 5.41) is 44.7. The number of aliphatic hydroxyl groups excluding tert-OH is 4. The molecule has 0 saturated heterocycles. The van der Waals surface area contributed by atoms with Crippen molar-refractivity contribution < 1.29 is 20.4 Å². The Balaban J connectivity index is 1.64. The van der Waals surface area contributed by atoms with Crippen molar-refractivity contribution >= 4 is 0 Å². The minimum absolute atomic E-state index is 0.0729. The minimum Gasteiger partial charge on any atom is -0.396 e. The lowest BCUT2D eigenvalue weighted by atomic mass is 9.33. The van der Waals surface area contributed by atoms with Crippen molar-refractivity contribution in [2.75, 3.05) is 6.61 Å². The Bertz CT molecular complexity index is 877. The van der Waals surface area contributed by atoms with Gasteiger partial charge in [0.05, 0.1) is 30.3 Å². The molecule has 0 aliphatic heterocycles. The van der Waals surface area contributed by atoms with Crippen LogP contribution in [0.2, 0.25) is 0 Å². The van der Waals surface area contributed by atoms with Gasteiger partial charge in [-0.2, -0.15) is 0 Å². The molecule has 0 heterocycles. The normalized spacial score (nSPS) is 55.8. The first-order valence-corrected chi connectivity index (χ1v) is 14.0. The van der Waals surface area contributed by atoms with Crippen molar-refractivity contribution in [2.45, 2.75) is 118 Å². The molecule has 0 bridgehead atoms. The van der Waals surface area contributed by atoms with Crippen LogP contribution in [-0.2, 0) is 0 Å². The van der Waals surface area contributed by atoms with E-state index in [0.717, 1.165) is 12.3 Å². The molecule has 0 aromatic rings. The summed E-state index contributed by atoms with van der Waals surface area (Å²) in [5.74, 6) is 1.19. The van der Waals surface area contributed by atoms with Gasteiger partial charge in [0, 0.05) is 0 Å². The van der Waals surface area contributed by atoms with E-state index in [4.69, 9.17) is 0 Å². The zero-order valence-corrected chi connectivity index (χ0v) is 22.7. The van der Waals surface area contributed by atoms with Gasteiger partial charge in [-0.3, -0.25) is 0 Å². The van der Waals surface area contributed by atoms with Crippen LogP contribution in [0.3, 0.4) is 0 Å². The molecule has 4 saturated carbocycles. The molecule has 5 aliphatic carbocycles. The van der Waals surface area contributed by atoms with Gasteiger partial charge in [-0.05, 0) is 89.8 Å². The maximum Gasteiger partial charge on any atom is 0.0913 e. The van der Waals surface area contributed by atoms with Crippen LogP contribution in [0.1, 0.15) is 99.8 Å². The Morgan fingerprint density at radius 3 is 2.15 bits per heavy atom.